The van der Waals surface area contributed by atoms with Gasteiger partial charge in [0.25, 0.3) is 0 Å². The van der Waals surface area contributed by atoms with Crippen LogP contribution in [0.1, 0.15) is 25.6 Å². The number of imidazole rings is 1. The Morgan fingerprint density at radius 3 is 3.07 bits per heavy atom. The van der Waals surface area contributed by atoms with E-state index in [9.17, 15) is 0 Å². The van der Waals surface area contributed by atoms with E-state index >= 15 is 0 Å². The summed E-state index contributed by atoms with van der Waals surface area (Å²) in [6, 6.07) is 0. The summed E-state index contributed by atoms with van der Waals surface area (Å²) in [6.07, 6.45) is 5.55. The van der Waals surface area contributed by atoms with E-state index in [1.165, 1.54) is 0 Å². The van der Waals surface area contributed by atoms with Gasteiger partial charge in [-0.05, 0) is 18.9 Å². The Balaban J connectivity index is 2.13. The van der Waals surface area contributed by atoms with Crippen molar-refractivity contribution in [1.29, 1.82) is 0 Å². The Bertz CT molecular complexity index is 223. The number of aliphatic hydroxyl groups excluding tert-OH is 1. The molecule has 4 nitrogen and oxygen atoms in total. The summed E-state index contributed by atoms with van der Waals surface area (Å²) in [7, 11) is 0. The first kappa shape index (κ1) is 11.2. The average molecular weight is 197 g/mol. The molecule has 0 saturated heterocycles. The number of aromatic amines is 1. The number of nitrogens with one attached hydrogen (secondary N) is 2. The maximum Gasteiger partial charge on any atom is 0.120 e. The fourth-order valence-corrected chi connectivity index (χ4v) is 1.42. The van der Waals surface area contributed by atoms with Crippen molar-refractivity contribution in [3.8, 4) is 0 Å². The van der Waals surface area contributed by atoms with Crippen LogP contribution < -0.4 is 5.32 Å². The molecular formula is C10H19N3O. The molecule has 14 heavy (non-hydrogen) atoms. The minimum absolute atomic E-state index is 0.279. The van der Waals surface area contributed by atoms with Gasteiger partial charge in [0.1, 0.15) is 5.82 Å². The van der Waals surface area contributed by atoms with Gasteiger partial charge in [-0.1, -0.05) is 13.3 Å². The molecule has 3 N–H and O–H groups in total. The molecule has 0 bridgehead atoms. The molecule has 0 aliphatic carbocycles. The molecule has 1 heterocycles. The molecule has 0 saturated carbocycles. The van der Waals surface area contributed by atoms with Crippen molar-refractivity contribution in [2.75, 3.05) is 13.2 Å². The molecule has 80 valence electrons. The maximum absolute atomic E-state index is 8.80. The highest BCUT2D eigenvalue weighted by Crippen LogP contribution is 2.05. The number of hydrogen-bond acceptors (Lipinski definition) is 3. The van der Waals surface area contributed by atoms with Gasteiger partial charge in [0, 0.05) is 19.0 Å². The van der Waals surface area contributed by atoms with Crippen LogP contribution in [-0.2, 0) is 6.54 Å². The number of nitrogens with zero attached hydrogens (tertiary/aromatic N) is 1. The second-order valence-electron chi connectivity index (χ2n) is 3.45. The minimum atomic E-state index is 0.279. The predicted octanol–water partition coefficient (Wildman–Crippen LogP) is 0.908. The van der Waals surface area contributed by atoms with Gasteiger partial charge in [0.2, 0.25) is 0 Å². The quantitative estimate of drug-likeness (QED) is 0.609. The summed E-state index contributed by atoms with van der Waals surface area (Å²) in [6.45, 7) is 4.14. The summed E-state index contributed by atoms with van der Waals surface area (Å²) < 4.78 is 0. The molecule has 4 heteroatoms. The molecule has 0 amide bonds. The van der Waals surface area contributed by atoms with Crippen LogP contribution in [0.3, 0.4) is 0 Å². The minimum Gasteiger partial charge on any atom is -0.396 e. The summed E-state index contributed by atoms with van der Waals surface area (Å²) in [5.74, 6) is 1.53. The number of H-pyrrole nitrogens is 1. The Morgan fingerprint density at radius 2 is 2.50 bits per heavy atom. The van der Waals surface area contributed by atoms with Gasteiger partial charge in [0.05, 0.1) is 6.54 Å². The van der Waals surface area contributed by atoms with Gasteiger partial charge < -0.3 is 15.4 Å². The lowest BCUT2D eigenvalue weighted by molar-refractivity contribution is 0.251. The summed E-state index contributed by atoms with van der Waals surface area (Å²) in [5.41, 5.74) is 0. The lowest BCUT2D eigenvalue weighted by atomic mass is 10.0. The van der Waals surface area contributed by atoms with Crippen LogP contribution in [0.4, 0.5) is 0 Å². The number of rotatable bonds is 7. The average Bonchev–Trinajstić information content (AvgIpc) is 2.69. The van der Waals surface area contributed by atoms with Crippen LogP contribution in [0.5, 0.6) is 0 Å². The molecule has 0 spiro atoms. The molecule has 0 radical (unpaired) electrons. The van der Waals surface area contributed by atoms with Crippen molar-refractivity contribution in [3.05, 3.63) is 18.2 Å². The van der Waals surface area contributed by atoms with Gasteiger partial charge in [-0.25, -0.2) is 4.98 Å². The zero-order valence-corrected chi connectivity index (χ0v) is 8.66. The number of aliphatic hydroxyl groups is 1. The third-order valence-corrected chi connectivity index (χ3v) is 2.40. The van der Waals surface area contributed by atoms with Crippen molar-refractivity contribution in [3.63, 3.8) is 0 Å². The van der Waals surface area contributed by atoms with Crippen LogP contribution in [0, 0.1) is 5.92 Å². The summed E-state index contributed by atoms with van der Waals surface area (Å²) in [4.78, 5) is 7.16. The molecule has 1 aromatic heterocycles. The Hall–Kier alpha value is -0.870. The molecular weight excluding hydrogens is 178 g/mol. The van der Waals surface area contributed by atoms with Crippen LogP contribution in [0.2, 0.25) is 0 Å². The molecule has 0 aromatic carbocycles. The van der Waals surface area contributed by atoms with Gasteiger partial charge in [-0.3, -0.25) is 0 Å². The van der Waals surface area contributed by atoms with Crippen molar-refractivity contribution >= 4 is 0 Å². The monoisotopic (exact) mass is 197 g/mol. The molecule has 1 rings (SSSR count). The van der Waals surface area contributed by atoms with Gasteiger partial charge >= 0.3 is 0 Å². The lowest BCUT2D eigenvalue weighted by Crippen LogP contribution is -2.23. The second-order valence-corrected chi connectivity index (χ2v) is 3.45. The first-order valence-corrected chi connectivity index (χ1v) is 5.16. The Labute approximate surface area is 84.8 Å². The Morgan fingerprint density at radius 1 is 1.64 bits per heavy atom. The second kappa shape index (κ2) is 6.56. The van der Waals surface area contributed by atoms with Crippen molar-refractivity contribution in [1.82, 2.24) is 15.3 Å². The first-order chi connectivity index (χ1) is 6.86. The maximum atomic E-state index is 8.80. The lowest BCUT2D eigenvalue weighted by Gasteiger charge is -2.13. The smallest absolute Gasteiger partial charge is 0.120 e. The largest absolute Gasteiger partial charge is 0.396 e. The van der Waals surface area contributed by atoms with Crippen molar-refractivity contribution in [2.45, 2.75) is 26.3 Å². The van der Waals surface area contributed by atoms with E-state index in [-0.39, 0.29) is 6.61 Å². The van der Waals surface area contributed by atoms with Crippen LogP contribution in [-0.4, -0.2) is 28.2 Å². The summed E-state index contributed by atoms with van der Waals surface area (Å²) >= 11 is 0. The molecule has 0 aliphatic heterocycles. The Kier molecular flexibility index (Phi) is 5.25. The molecule has 0 fully saturated rings. The highest BCUT2D eigenvalue weighted by Gasteiger charge is 2.04. The van der Waals surface area contributed by atoms with Gasteiger partial charge in [-0.2, -0.15) is 0 Å². The molecule has 1 atom stereocenters. The van der Waals surface area contributed by atoms with Crippen molar-refractivity contribution < 1.29 is 5.11 Å². The highest BCUT2D eigenvalue weighted by molar-refractivity contribution is 4.85. The third-order valence-electron chi connectivity index (χ3n) is 2.40. The fraction of sp³-hybridized carbons (Fsp3) is 0.700. The highest BCUT2D eigenvalue weighted by atomic mass is 16.3. The SMILES string of the molecule is CCC(CCO)CNCc1ncc[nH]1. The third kappa shape index (κ3) is 3.89. The normalized spacial score (nSPS) is 13.0. The first-order valence-electron chi connectivity index (χ1n) is 5.16. The van der Waals surface area contributed by atoms with E-state index in [1.807, 2.05) is 6.20 Å². The standard InChI is InChI=1S/C10H19N3O/c1-2-9(3-6-14)7-11-8-10-12-4-5-13-10/h4-5,9,11,14H,2-3,6-8H2,1H3,(H,12,13). The van der Waals surface area contributed by atoms with E-state index < -0.39 is 0 Å². The number of hydrogen-bond donors (Lipinski definition) is 3. The fourth-order valence-electron chi connectivity index (χ4n) is 1.42. The van der Waals surface area contributed by atoms with E-state index in [0.29, 0.717) is 5.92 Å². The summed E-state index contributed by atoms with van der Waals surface area (Å²) in [5, 5.41) is 12.1. The van der Waals surface area contributed by atoms with Crippen LogP contribution in [0.25, 0.3) is 0 Å². The van der Waals surface area contributed by atoms with E-state index in [0.717, 1.165) is 31.8 Å². The topological polar surface area (TPSA) is 60.9 Å². The van der Waals surface area contributed by atoms with Crippen LogP contribution >= 0.6 is 0 Å². The van der Waals surface area contributed by atoms with Gasteiger partial charge in [-0.15, -0.1) is 0 Å². The van der Waals surface area contributed by atoms with Crippen LogP contribution in [0.15, 0.2) is 12.4 Å². The zero-order valence-electron chi connectivity index (χ0n) is 8.66. The van der Waals surface area contributed by atoms with E-state index in [4.69, 9.17) is 5.11 Å². The molecule has 0 aliphatic rings. The van der Waals surface area contributed by atoms with Crippen molar-refractivity contribution in [2.24, 2.45) is 5.92 Å². The molecule has 1 unspecified atom stereocenters. The zero-order chi connectivity index (χ0) is 10.2. The predicted molar refractivity (Wildman–Crippen MR) is 55.8 cm³/mol. The van der Waals surface area contributed by atoms with Gasteiger partial charge in [0.15, 0.2) is 0 Å². The van der Waals surface area contributed by atoms with E-state index in [2.05, 4.69) is 22.2 Å². The molecule has 1 aromatic rings. The number of aromatic nitrogens is 2. The van der Waals surface area contributed by atoms with E-state index in [1.54, 1.807) is 6.20 Å².